The fourth-order valence-corrected chi connectivity index (χ4v) is 4.20. The van der Waals surface area contributed by atoms with E-state index in [1.807, 2.05) is 13.8 Å². The number of carbonyl (C=O) groups is 1. The van der Waals surface area contributed by atoms with Crippen LogP contribution >= 0.6 is 11.6 Å². The lowest BCUT2D eigenvalue weighted by Crippen LogP contribution is -2.50. The lowest BCUT2D eigenvalue weighted by atomic mass is 10.0. The zero-order valence-electron chi connectivity index (χ0n) is 14.2. The molecule has 0 spiro atoms. The minimum absolute atomic E-state index is 0.118. The minimum atomic E-state index is -3.76. The first-order chi connectivity index (χ1) is 11.3. The van der Waals surface area contributed by atoms with Crippen molar-refractivity contribution in [2.75, 3.05) is 13.1 Å². The molecule has 7 heteroatoms. The van der Waals surface area contributed by atoms with Crippen LogP contribution in [-0.4, -0.2) is 38.4 Å². The number of rotatable bonds is 6. The van der Waals surface area contributed by atoms with Crippen LogP contribution in [-0.2, 0) is 14.8 Å². The molecule has 0 unspecified atom stereocenters. The van der Waals surface area contributed by atoms with E-state index in [0.29, 0.717) is 24.5 Å². The Morgan fingerprint density at radius 2 is 1.75 bits per heavy atom. The van der Waals surface area contributed by atoms with E-state index in [9.17, 15) is 13.2 Å². The fraction of sp³-hybridized carbons (Fsp3) is 0.588. The topological polar surface area (TPSA) is 66.5 Å². The maximum atomic E-state index is 12.8. The molecule has 1 aromatic carbocycles. The first kappa shape index (κ1) is 19.2. The first-order valence-electron chi connectivity index (χ1n) is 8.36. The molecule has 0 bridgehead atoms. The quantitative estimate of drug-likeness (QED) is 0.834. The summed E-state index contributed by atoms with van der Waals surface area (Å²) in [7, 11) is -3.76. The number of nitrogens with zero attached hydrogens (tertiary/aromatic N) is 1. The Morgan fingerprint density at radius 1 is 1.17 bits per heavy atom. The molecule has 1 saturated heterocycles. The van der Waals surface area contributed by atoms with Crippen LogP contribution in [0.25, 0.3) is 0 Å². The summed E-state index contributed by atoms with van der Waals surface area (Å²) in [5.41, 5.74) is 0. The van der Waals surface area contributed by atoms with E-state index in [4.69, 9.17) is 11.6 Å². The van der Waals surface area contributed by atoms with Crippen LogP contribution in [0.4, 0.5) is 0 Å². The molecule has 1 aromatic rings. The summed E-state index contributed by atoms with van der Waals surface area (Å²) >= 11 is 5.81. The molecule has 134 valence electrons. The van der Waals surface area contributed by atoms with E-state index >= 15 is 0 Å². The highest BCUT2D eigenvalue weighted by atomic mass is 35.5. The number of likely N-dealkylation sites (tertiary alicyclic amines) is 1. The zero-order chi connectivity index (χ0) is 17.7. The molecule has 1 aliphatic heterocycles. The second kappa shape index (κ2) is 8.32. The van der Waals surface area contributed by atoms with Gasteiger partial charge in [0.25, 0.3) is 0 Å². The second-order valence-electron chi connectivity index (χ2n) is 6.64. The number of hydrogen-bond donors (Lipinski definition) is 1. The normalized spacial score (nSPS) is 17.1. The van der Waals surface area contributed by atoms with Gasteiger partial charge in [0.15, 0.2) is 0 Å². The van der Waals surface area contributed by atoms with Crippen LogP contribution in [0.1, 0.15) is 39.5 Å². The molecule has 1 aliphatic rings. The van der Waals surface area contributed by atoms with E-state index in [0.717, 1.165) is 19.3 Å². The van der Waals surface area contributed by atoms with Crippen LogP contribution in [0.3, 0.4) is 0 Å². The van der Waals surface area contributed by atoms with Gasteiger partial charge in [0.2, 0.25) is 15.9 Å². The van der Waals surface area contributed by atoms with Crippen LogP contribution in [0.15, 0.2) is 29.2 Å². The highest BCUT2D eigenvalue weighted by Crippen LogP contribution is 2.18. The van der Waals surface area contributed by atoms with Gasteiger partial charge in [-0.05, 0) is 55.9 Å². The minimum Gasteiger partial charge on any atom is -0.341 e. The van der Waals surface area contributed by atoms with Crippen molar-refractivity contribution in [1.29, 1.82) is 0 Å². The molecular formula is C17H25ClN2O3S. The standard InChI is InChI=1S/C17H25ClN2O3S/c1-13(2)12-16(17(21)20-10-4-3-5-11-20)19-24(22,23)15-8-6-14(18)7-9-15/h6-9,13,16,19H,3-5,10-12H2,1-2H3/t16-/m0/s1. The van der Waals surface area contributed by atoms with Gasteiger partial charge < -0.3 is 4.90 Å². The predicted octanol–water partition coefficient (Wildman–Crippen LogP) is 3.05. The predicted molar refractivity (Wildman–Crippen MR) is 95.4 cm³/mol. The zero-order valence-corrected chi connectivity index (χ0v) is 15.7. The molecular weight excluding hydrogens is 348 g/mol. The molecule has 1 N–H and O–H groups in total. The third kappa shape index (κ3) is 5.19. The Bertz CT molecular complexity index is 653. The maximum absolute atomic E-state index is 12.8. The Kier molecular flexibility index (Phi) is 6.66. The summed E-state index contributed by atoms with van der Waals surface area (Å²) in [5.74, 6) is 0.0811. The summed E-state index contributed by atoms with van der Waals surface area (Å²) in [6.07, 6.45) is 3.55. The summed E-state index contributed by atoms with van der Waals surface area (Å²) in [4.78, 5) is 14.7. The smallest absolute Gasteiger partial charge is 0.241 e. The molecule has 1 amide bonds. The van der Waals surface area contributed by atoms with E-state index in [1.165, 1.54) is 24.3 Å². The van der Waals surface area contributed by atoms with Crippen molar-refractivity contribution in [3.05, 3.63) is 29.3 Å². The molecule has 0 aromatic heterocycles. The Labute approximate surface area is 149 Å². The van der Waals surface area contributed by atoms with Crippen LogP contribution < -0.4 is 4.72 Å². The highest BCUT2D eigenvalue weighted by Gasteiger charge is 2.30. The summed E-state index contributed by atoms with van der Waals surface area (Å²) in [5, 5.41) is 0.470. The number of carbonyl (C=O) groups excluding carboxylic acids is 1. The van der Waals surface area contributed by atoms with Crippen molar-refractivity contribution in [3.63, 3.8) is 0 Å². The van der Waals surface area contributed by atoms with Crippen molar-refractivity contribution in [1.82, 2.24) is 9.62 Å². The third-order valence-corrected chi connectivity index (χ3v) is 5.83. The van der Waals surface area contributed by atoms with Crippen molar-refractivity contribution in [2.45, 2.75) is 50.5 Å². The number of sulfonamides is 1. The van der Waals surface area contributed by atoms with Gasteiger partial charge in [-0.15, -0.1) is 0 Å². The maximum Gasteiger partial charge on any atom is 0.241 e. The van der Waals surface area contributed by atoms with Gasteiger partial charge in [0.1, 0.15) is 6.04 Å². The largest absolute Gasteiger partial charge is 0.341 e. The van der Waals surface area contributed by atoms with Gasteiger partial charge in [0.05, 0.1) is 4.90 Å². The lowest BCUT2D eigenvalue weighted by molar-refractivity contribution is -0.134. The van der Waals surface area contributed by atoms with E-state index in [1.54, 1.807) is 4.90 Å². The first-order valence-corrected chi connectivity index (χ1v) is 10.2. The molecule has 1 atom stereocenters. The number of benzene rings is 1. The Balaban J connectivity index is 2.17. The molecule has 2 rings (SSSR count). The monoisotopic (exact) mass is 372 g/mol. The van der Waals surface area contributed by atoms with Gasteiger partial charge in [-0.1, -0.05) is 25.4 Å². The molecule has 0 radical (unpaired) electrons. The number of hydrogen-bond acceptors (Lipinski definition) is 3. The molecule has 0 aliphatic carbocycles. The SMILES string of the molecule is CC(C)C[C@H](NS(=O)(=O)c1ccc(Cl)cc1)C(=O)N1CCCCC1. The Morgan fingerprint density at radius 3 is 2.29 bits per heavy atom. The van der Waals surface area contributed by atoms with Gasteiger partial charge in [0, 0.05) is 18.1 Å². The van der Waals surface area contributed by atoms with Crippen LogP contribution in [0.2, 0.25) is 5.02 Å². The highest BCUT2D eigenvalue weighted by molar-refractivity contribution is 7.89. The molecule has 0 saturated carbocycles. The van der Waals surface area contributed by atoms with Gasteiger partial charge in [-0.2, -0.15) is 4.72 Å². The summed E-state index contributed by atoms with van der Waals surface area (Å²) in [6, 6.07) is 5.22. The fourth-order valence-electron chi connectivity index (χ4n) is 2.87. The number of amides is 1. The van der Waals surface area contributed by atoms with Crippen molar-refractivity contribution in [2.24, 2.45) is 5.92 Å². The van der Waals surface area contributed by atoms with Crippen molar-refractivity contribution >= 4 is 27.5 Å². The van der Waals surface area contributed by atoms with Crippen LogP contribution in [0.5, 0.6) is 0 Å². The molecule has 5 nitrogen and oxygen atoms in total. The molecule has 1 fully saturated rings. The number of piperidine rings is 1. The van der Waals surface area contributed by atoms with Crippen molar-refractivity contribution < 1.29 is 13.2 Å². The van der Waals surface area contributed by atoms with Crippen LogP contribution in [0, 0.1) is 5.92 Å². The number of nitrogens with one attached hydrogen (secondary N) is 1. The summed E-state index contributed by atoms with van der Waals surface area (Å²) in [6.45, 7) is 5.37. The second-order valence-corrected chi connectivity index (χ2v) is 8.79. The number of halogens is 1. The van der Waals surface area contributed by atoms with Gasteiger partial charge in [-0.25, -0.2) is 8.42 Å². The van der Waals surface area contributed by atoms with Gasteiger partial charge >= 0.3 is 0 Å². The van der Waals surface area contributed by atoms with E-state index in [-0.39, 0.29) is 16.7 Å². The summed E-state index contributed by atoms with van der Waals surface area (Å²) < 4.78 is 27.8. The lowest BCUT2D eigenvalue weighted by Gasteiger charge is -2.31. The van der Waals surface area contributed by atoms with E-state index in [2.05, 4.69) is 4.72 Å². The molecule has 24 heavy (non-hydrogen) atoms. The average Bonchev–Trinajstić information content (AvgIpc) is 2.54. The van der Waals surface area contributed by atoms with Crippen molar-refractivity contribution in [3.8, 4) is 0 Å². The third-order valence-electron chi connectivity index (χ3n) is 4.09. The van der Waals surface area contributed by atoms with E-state index < -0.39 is 16.1 Å². The average molecular weight is 373 g/mol. The Hall–Kier alpha value is -1.11. The molecule has 1 heterocycles. The van der Waals surface area contributed by atoms with Gasteiger partial charge in [-0.3, -0.25) is 4.79 Å².